The fraction of sp³-hybridized carbons (Fsp3) is 0.417. The Morgan fingerprint density at radius 2 is 1.86 bits per heavy atom. The van der Waals surface area contributed by atoms with Crippen molar-refractivity contribution in [1.82, 2.24) is 10.2 Å². The van der Waals surface area contributed by atoms with Crippen LogP contribution in [0.1, 0.15) is 22.3 Å². The number of ketones is 2. The third-order valence-corrected chi connectivity index (χ3v) is 7.31. The van der Waals surface area contributed by atoms with Crippen LogP contribution >= 0.6 is 0 Å². The smallest absolute Gasteiger partial charge is 0.255 e. The van der Waals surface area contributed by atoms with Crippen LogP contribution in [-0.2, 0) is 20.8 Å². The number of aliphatic hydroxyl groups is 3. The second-order valence-corrected chi connectivity index (χ2v) is 9.49. The fourth-order valence-corrected chi connectivity index (χ4v) is 5.63. The zero-order valence-electron chi connectivity index (χ0n) is 20.0. The zero-order valence-corrected chi connectivity index (χ0v) is 20.0. The minimum absolute atomic E-state index is 0.0171. The van der Waals surface area contributed by atoms with Crippen LogP contribution in [0.15, 0.2) is 34.8 Å². The van der Waals surface area contributed by atoms with Gasteiger partial charge in [-0.2, -0.15) is 0 Å². The number of phenolic OH excluding ortho intramolecular Hbond substituents is 1. The molecule has 0 spiro atoms. The van der Waals surface area contributed by atoms with Crippen LogP contribution in [0.2, 0.25) is 0 Å². The van der Waals surface area contributed by atoms with Crippen LogP contribution in [-0.4, -0.2) is 88.0 Å². The van der Waals surface area contributed by atoms with E-state index in [-0.39, 0.29) is 42.1 Å². The molecule has 4 atom stereocenters. The normalized spacial score (nSPS) is 27.4. The lowest BCUT2D eigenvalue weighted by Gasteiger charge is -2.50. The van der Waals surface area contributed by atoms with E-state index in [9.17, 15) is 39.6 Å². The standard InChI is InChI=1S/C24H28N4O8/c1-26-13(29)8-27-12-5-4-9-6-10-7-11-17(28(2)3)20(32)16(23(25)35)22(34)24(11,36)21(33)15(10)19(31)14(9)18(12)30/h4-5,10-11,17,27,30,32-33,36H,6-8H2,1-3H3,(H2,25,35)(H,26,29)/t10-,11-,17+,24-/m1/s1. The van der Waals surface area contributed by atoms with Gasteiger partial charge in [-0.1, -0.05) is 6.07 Å². The largest absolute Gasteiger partial charge is 0.510 e. The van der Waals surface area contributed by atoms with E-state index in [0.29, 0.717) is 5.56 Å². The third-order valence-electron chi connectivity index (χ3n) is 7.31. The highest BCUT2D eigenvalue weighted by molar-refractivity contribution is 6.24. The van der Waals surface area contributed by atoms with Crippen LogP contribution in [0.3, 0.4) is 0 Å². The molecular formula is C24H28N4O8. The zero-order chi connectivity index (χ0) is 26.7. The van der Waals surface area contributed by atoms with E-state index < -0.39 is 63.8 Å². The minimum atomic E-state index is -2.69. The number of hydrogen-bond donors (Lipinski definition) is 7. The van der Waals surface area contributed by atoms with Crippen molar-refractivity contribution in [1.29, 1.82) is 0 Å². The predicted octanol–water partition coefficient (Wildman–Crippen LogP) is -0.721. The number of benzene rings is 1. The summed E-state index contributed by atoms with van der Waals surface area (Å²) in [7, 11) is 4.58. The van der Waals surface area contributed by atoms with Gasteiger partial charge in [0.2, 0.25) is 11.7 Å². The molecule has 0 unspecified atom stereocenters. The van der Waals surface area contributed by atoms with E-state index in [4.69, 9.17) is 5.73 Å². The lowest BCUT2D eigenvalue weighted by Crippen LogP contribution is -2.63. The number of amides is 2. The lowest BCUT2D eigenvalue weighted by atomic mass is 9.58. The molecule has 0 aromatic heterocycles. The Labute approximate surface area is 206 Å². The van der Waals surface area contributed by atoms with Crippen molar-refractivity contribution in [3.63, 3.8) is 0 Å². The number of Topliss-reactive ketones (excluding diaryl/α,β-unsaturated/α-hetero) is 2. The van der Waals surface area contributed by atoms with E-state index in [1.807, 2.05) is 0 Å². The third kappa shape index (κ3) is 3.44. The first-order chi connectivity index (χ1) is 16.9. The Balaban J connectivity index is 1.85. The first kappa shape index (κ1) is 25.2. The molecule has 0 saturated heterocycles. The number of aromatic hydroxyl groups is 1. The maximum absolute atomic E-state index is 13.6. The number of phenols is 1. The highest BCUT2D eigenvalue weighted by atomic mass is 16.3. The summed E-state index contributed by atoms with van der Waals surface area (Å²) in [5.74, 6) is -7.41. The maximum atomic E-state index is 13.6. The molecule has 0 saturated carbocycles. The average molecular weight is 501 g/mol. The molecule has 0 heterocycles. The molecule has 8 N–H and O–H groups in total. The molecule has 192 valence electrons. The summed E-state index contributed by atoms with van der Waals surface area (Å²) >= 11 is 0. The van der Waals surface area contributed by atoms with E-state index in [2.05, 4.69) is 10.6 Å². The second-order valence-electron chi connectivity index (χ2n) is 9.49. The maximum Gasteiger partial charge on any atom is 0.255 e. The van der Waals surface area contributed by atoms with Crippen molar-refractivity contribution in [3.8, 4) is 5.75 Å². The van der Waals surface area contributed by atoms with Gasteiger partial charge in [-0.15, -0.1) is 0 Å². The van der Waals surface area contributed by atoms with Crippen molar-refractivity contribution < 1.29 is 39.6 Å². The van der Waals surface area contributed by atoms with E-state index in [1.54, 1.807) is 20.2 Å². The first-order valence-electron chi connectivity index (χ1n) is 11.3. The van der Waals surface area contributed by atoms with Crippen LogP contribution in [0.5, 0.6) is 5.75 Å². The molecule has 12 heteroatoms. The van der Waals surface area contributed by atoms with Crippen molar-refractivity contribution in [2.45, 2.75) is 24.5 Å². The fourth-order valence-electron chi connectivity index (χ4n) is 5.63. The first-order valence-corrected chi connectivity index (χ1v) is 11.3. The van der Waals surface area contributed by atoms with Gasteiger partial charge in [0, 0.05) is 18.5 Å². The van der Waals surface area contributed by atoms with Crippen molar-refractivity contribution in [2.24, 2.45) is 17.6 Å². The monoisotopic (exact) mass is 500 g/mol. The van der Waals surface area contributed by atoms with Gasteiger partial charge in [-0.25, -0.2) is 0 Å². The SMILES string of the molecule is CNC(=O)CNc1ccc2c(c1O)C(=O)C1=C(O)[C@@]3(O)C(=O)C(C(N)=O)=C(O)[C@@H](N(C)C)[C@H]3C[C@H]1C2. The summed E-state index contributed by atoms with van der Waals surface area (Å²) in [6, 6.07) is 2.10. The number of fused-ring (bicyclic) bond motifs is 3. The molecule has 36 heavy (non-hydrogen) atoms. The average Bonchev–Trinajstić information content (AvgIpc) is 2.80. The van der Waals surface area contributed by atoms with Crippen molar-refractivity contribution in [3.05, 3.63) is 45.9 Å². The number of nitrogens with zero attached hydrogens (tertiary/aromatic N) is 1. The molecular weight excluding hydrogens is 472 g/mol. The molecule has 1 aromatic rings. The Hall–Kier alpha value is -3.90. The molecule has 0 radical (unpaired) electrons. The number of aliphatic hydroxyl groups excluding tert-OH is 2. The van der Waals surface area contributed by atoms with Gasteiger partial charge in [0.25, 0.3) is 5.91 Å². The van der Waals surface area contributed by atoms with E-state index >= 15 is 0 Å². The molecule has 12 nitrogen and oxygen atoms in total. The number of carbonyl (C=O) groups is 4. The predicted molar refractivity (Wildman–Crippen MR) is 126 cm³/mol. The summed E-state index contributed by atoms with van der Waals surface area (Å²) in [6.07, 6.45) is 0.209. The van der Waals surface area contributed by atoms with Gasteiger partial charge in [-0.05, 0) is 44.5 Å². The topological polar surface area (TPSA) is 203 Å². The van der Waals surface area contributed by atoms with E-state index in [0.717, 1.165) is 0 Å². The quantitative estimate of drug-likeness (QED) is 0.200. The summed E-state index contributed by atoms with van der Waals surface area (Å²) < 4.78 is 0. The van der Waals surface area contributed by atoms with Crippen molar-refractivity contribution >= 4 is 29.1 Å². The summed E-state index contributed by atoms with van der Waals surface area (Å²) in [6.45, 7) is -0.165. The van der Waals surface area contributed by atoms with Gasteiger partial charge in [0.15, 0.2) is 11.4 Å². The lowest BCUT2D eigenvalue weighted by molar-refractivity contribution is -0.148. The molecule has 0 bridgehead atoms. The highest BCUT2D eigenvalue weighted by Gasteiger charge is 2.63. The van der Waals surface area contributed by atoms with Crippen LogP contribution < -0.4 is 16.4 Å². The van der Waals surface area contributed by atoms with E-state index in [1.165, 1.54) is 18.0 Å². The van der Waals surface area contributed by atoms with Crippen LogP contribution in [0, 0.1) is 11.8 Å². The number of anilines is 1. The number of hydrogen-bond acceptors (Lipinski definition) is 10. The Kier molecular flexibility index (Phi) is 6.05. The highest BCUT2D eigenvalue weighted by Crippen LogP contribution is 2.52. The summed E-state index contributed by atoms with van der Waals surface area (Å²) in [4.78, 5) is 51.9. The second kappa shape index (κ2) is 8.64. The summed E-state index contributed by atoms with van der Waals surface area (Å²) in [5, 5.41) is 49.5. The number of nitrogens with two attached hydrogens (primary N) is 1. The molecule has 1 aromatic carbocycles. The van der Waals surface area contributed by atoms with Crippen LogP contribution in [0.4, 0.5) is 5.69 Å². The van der Waals surface area contributed by atoms with Gasteiger partial charge >= 0.3 is 0 Å². The van der Waals surface area contributed by atoms with Gasteiger partial charge in [-0.3, -0.25) is 24.1 Å². The number of carbonyl (C=O) groups excluding carboxylic acids is 4. The molecule has 3 aliphatic carbocycles. The molecule has 3 aliphatic rings. The van der Waals surface area contributed by atoms with Gasteiger partial charge in [0.1, 0.15) is 22.8 Å². The Morgan fingerprint density at radius 1 is 1.19 bits per heavy atom. The molecule has 2 amide bonds. The van der Waals surface area contributed by atoms with Crippen molar-refractivity contribution in [2.75, 3.05) is 33.0 Å². The molecule has 0 fully saturated rings. The number of likely N-dealkylation sites (N-methyl/N-ethyl adjacent to an activating group) is 2. The molecule has 0 aliphatic heterocycles. The number of nitrogens with one attached hydrogen (secondary N) is 2. The van der Waals surface area contributed by atoms with Gasteiger partial charge in [0.05, 0.1) is 23.8 Å². The Bertz CT molecular complexity index is 1270. The number of primary amides is 1. The number of rotatable bonds is 5. The van der Waals surface area contributed by atoms with Gasteiger partial charge < -0.3 is 36.8 Å². The Morgan fingerprint density at radius 3 is 2.44 bits per heavy atom. The minimum Gasteiger partial charge on any atom is -0.510 e. The molecule has 4 rings (SSSR count). The summed E-state index contributed by atoms with van der Waals surface area (Å²) in [5.41, 5.74) is 2.00. The van der Waals surface area contributed by atoms with Crippen LogP contribution in [0.25, 0.3) is 0 Å². The number of allylic oxidation sites excluding steroid dienone is 1.